The van der Waals surface area contributed by atoms with Gasteiger partial charge in [0.25, 0.3) is 5.91 Å². The SMILES string of the molecule is C=CC(=O)N1CCCC(N(N)/C=C(\N)c2ccc(NC(=O)c3cccc(-c4[nH]ncc4Cl)n3)nc2)C1. The molecule has 4 heterocycles. The van der Waals surface area contributed by atoms with Crippen LogP contribution in [0.4, 0.5) is 5.82 Å². The van der Waals surface area contributed by atoms with Crippen molar-refractivity contribution in [2.75, 3.05) is 18.4 Å². The standard InChI is InChI=1S/C24H26ClN9O2/c1-2-22(35)33-10-4-5-16(13-33)34(27)14-18(26)15-8-9-21(28-11-15)31-24(36)20-7-3-6-19(30-20)23-17(25)12-29-32-23/h2-3,6-9,11-12,14,16H,1,4-5,10,13,26-27H2,(H,29,32)(H,28,31,36)/b18-14-. The Balaban J connectivity index is 1.40. The number of nitrogens with zero attached hydrogens (tertiary/aromatic N) is 5. The molecule has 0 aromatic carbocycles. The number of amides is 2. The van der Waals surface area contributed by atoms with Gasteiger partial charge in [0, 0.05) is 31.0 Å². The number of aromatic amines is 1. The van der Waals surface area contributed by atoms with Crippen molar-refractivity contribution < 1.29 is 9.59 Å². The highest BCUT2D eigenvalue weighted by molar-refractivity contribution is 6.32. The minimum Gasteiger partial charge on any atom is -0.397 e. The molecule has 6 N–H and O–H groups in total. The number of aromatic nitrogens is 4. The highest BCUT2D eigenvalue weighted by Gasteiger charge is 2.24. The molecule has 2 amide bonds. The third-order valence-corrected chi connectivity index (χ3v) is 6.05. The molecule has 11 nitrogen and oxygen atoms in total. The Bertz CT molecular complexity index is 1290. The van der Waals surface area contributed by atoms with Crippen LogP contribution in [0.2, 0.25) is 5.02 Å². The highest BCUT2D eigenvalue weighted by Crippen LogP contribution is 2.23. The minimum atomic E-state index is -0.430. The van der Waals surface area contributed by atoms with Crippen LogP contribution >= 0.6 is 11.6 Å². The molecule has 12 heteroatoms. The van der Waals surface area contributed by atoms with Crippen LogP contribution in [0, 0.1) is 0 Å². The lowest BCUT2D eigenvalue weighted by Gasteiger charge is -2.36. The number of rotatable bonds is 7. The van der Waals surface area contributed by atoms with Gasteiger partial charge in [-0.25, -0.2) is 15.8 Å². The van der Waals surface area contributed by atoms with Crippen molar-refractivity contribution >= 4 is 34.9 Å². The average molecular weight is 508 g/mol. The van der Waals surface area contributed by atoms with Crippen molar-refractivity contribution in [1.82, 2.24) is 30.1 Å². The fraction of sp³-hybridized carbons (Fsp3) is 0.208. The first-order valence-electron chi connectivity index (χ1n) is 11.2. The van der Waals surface area contributed by atoms with Gasteiger partial charge in [0.2, 0.25) is 5.91 Å². The number of likely N-dealkylation sites (tertiary alicyclic amines) is 1. The lowest BCUT2D eigenvalue weighted by atomic mass is 10.1. The molecular weight excluding hydrogens is 482 g/mol. The summed E-state index contributed by atoms with van der Waals surface area (Å²) in [5.41, 5.74) is 8.48. The monoisotopic (exact) mass is 507 g/mol. The Morgan fingerprint density at radius 1 is 1.28 bits per heavy atom. The summed E-state index contributed by atoms with van der Waals surface area (Å²) in [6.07, 6.45) is 7.62. The van der Waals surface area contributed by atoms with Gasteiger partial charge in [0.1, 0.15) is 17.2 Å². The van der Waals surface area contributed by atoms with E-state index in [4.69, 9.17) is 23.2 Å². The van der Waals surface area contributed by atoms with Gasteiger partial charge in [-0.3, -0.25) is 14.7 Å². The number of nitrogens with one attached hydrogen (secondary N) is 2. The van der Waals surface area contributed by atoms with Crippen LogP contribution in [-0.4, -0.2) is 61.0 Å². The molecule has 3 aromatic heterocycles. The maximum atomic E-state index is 12.7. The number of hydrogen-bond acceptors (Lipinski definition) is 8. The van der Waals surface area contributed by atoms with Crippen molar-refractivity contribution in [2.24, 2.45) is 11.6 Å². The van der Waals surface area contributed by atoms with Gasteiger partial charge in [0.05, 0.1) is 28.7 Å². The van der Waals surface area contributed by atoms with E-state index < -0.39 is 5.91 Å². The van der Waals surface area contributed by atoms with Crippen LogP contribution in [0.15, 0.2) is 61.6 Å². The number of nitrogens with two attached hydrogens (primary N) is 2. The van der Waals surface area contributed by atoms with Gasteiger partial charge in [-0.05, 0) is 43.2 Å². The summed E-state index contributed by atoms with van der Waals surface area (Å²) in [7, 11) is 0. The lowest BCUT2D eigenvalue weighted by Crippen LogP contribution is -2.50. The molecule has 0 spiro atoms. The summed E-state index contributed by atoms with van der Waals surface area (Å²) in [5.74, 6) is 6.01. The fourth-order valence-corrected chi connectivity index (χ4v) is 4.03. The molecule has 0 bridgehead atoms. The van der Waals surface area contributed by atoms with Gasteiger partial charge in [-0.15, -0.1) is 0 Å². The molecule has 4 rings (SSSR count). The summed E-state index contributed by atoms with van der Waals surface area (Å²) in [6, 6.07) is 8.31. The summed E-state index contributed by atoms with van der Waals surface area (Å²) in [5, 5.41) is 11.3. The summed E-state index contributed by atoms with van der Waals surface area (Å²) in [4.78, 5) is 34.9. The van der Waals surface area contributed by atoms with E-state index in [2.05, 4.69) is 32.1 Å². The molecule has 1 aliphatic heterocycles. The highest BCUT2D eigenvalue weighted by atomic mass is 35.5. The van der Waals surface area contributed by atoms with Crippen LogP contribution in [0.5, 0.6) is 0 Å². The van der Waals surface area contributed by atoms with Crippen LogP contribution < -0.4 is 16.9 Å². The van der Waals surface area contributed by atoms with Gasteiger partial charge in [-0.2, -0.15) is 5.10 Å². The number of piperidine rings is 1. The molecular formula is C24H26ClN9O2. The fourth-order valence-electron chi connectivity index (χ4n) is 3.84. The van der Waals surface area contributed by atoms with Crippen LogP contribution in [-0.2, 0) is 4.79 Å². The van der Waals surface area contributed by atoms with Crippen LogP contribution in [0.1, 0.15) is 28.9 Å². The van der Waals surface area contributed by atoms with Crippen molar-refractivity contribution in [3.05, 3.63) is 77.9 Å². The topological polar surface area (TPSA) is 159 Å². The van der Waals surface area contributed by atoms with E-state index in [-0.39, 0.29) is 17.6 Å². The summed E-state index contributed by atoms with van der Waals surface area (Å²) < 4.78 is 0. The molecule has 1 atom stereocenters. The molecule has 1 saturated heterocycles. The first-order chi connectivity index (χ1) is 17.4. The lowest BCUT2D eigenvalue weighted by molar-refractivity contribution is -0.127. The number of hydrazine groups is 1. The van der Waals surface area contributed by atoms with Crippen LogP contribution in [0.3, 0.4) is 0 Å². The molecule has 0 saturated carbocycles. The number of anilines is 1. The van der Waals surface area contributed by atoms with Crippen molar-refractivity contribution in [1.29, 1.82) is 0 Å². The van der Waals surface area contributed by atoms with Gasteiger partial charge >= 0.3 is 0 Å². The second kappa shape index (κ2) is 11.0. The summed E-state index contributed by atoms with van der Waals surface area (Å²) >= 11 is 6.09. The number of H-pyrrole nitrogens is 1. The normalized spacial score (nSPS) is 15.9. The largest absolute Gasteiger partial charge is 0.397 e. The Labute approximate surface area is 212 Å². The van der Waals surface area contributed by atoms with E-state index in [1.165, 1.54) is 23.5 Å². The molecule has 3 aromatic rings. The van der Waals surface area contributed by atoms with E-state index >= 15 is 0 Å². The first kappa shape index (κ1) is 24.9. The molecule has 0 aliphatic carbocycles. The summed E-state index contributed by atoms with van der Waals surface area (Å²) in [6.45, 7) is 4.72. The Hall–Kier alpha value is -4.22. The number of pyridine rings is 2. The Morgan fingerprint density at radius 2 is 2.11 bits per heavy atom. The predicted molar refractivity (Wildman–Crippen MR) is 137 cm³/mol. The number of halogens is 1. The zero-order valence-corrected chi connectivity index (χ0v) is 20.2. The zero-order valence-electron chi connectivity index (χ0n) is 19.4. The predicted octanol–water partition coefficient (Wildman–Crippen LogP) is 2.38. The number of carbonyl (C=O) groups is 2. The molecule has 1 fully saturated rings. The molecule has 1 aliphatic rings. The quantitative estimate of drug-likeness (QED) is 0.215. The molecule has 36 heavy (non-hydrogen) atoms. The maximum Gasteiger partial charge on any atom is 0.275 e. The maximum absolute atomic E-state index is 12.7. The second-order valence-electron chi connectivity index (χ2n) is 8.20. The van der Waals surface area contributed by atoms with Crippen molar-refractivity contribution in [3.8, 4) is 11.4 Å². The number of carbonyl (C=O) groups excluding carboxylic acids is 2. The zero-order chi connectivity index (χ0) is 25.7. The van der Waals surface area contributed by atoms with E-state index in [9.17, 15) is 9.59 Å². The molecule has 186 valence electrons. The van der Waals surface area contributed by atoms with E-state index in [1.807, 2.05) is 0 Å². The molecule has 0 radical (unpaired) electrons. The first-order valence-corrected chi connectivity index (χ1v) is 11.6. The van der Waals surface area contributed by atoms with Gasteiger partial charge in [0.15, 0.2) is 0 Å². The average Bonchev–Trinajstić information content (AvgIpc) is 3.34. The van der Waals surface area contributed by atoms with E-state index in [0.717, 1.165) is 12.8 Å². The number of hydrogen-bond donors (Lipinski definition) is 4. The smallest absolute Gasteiger partial charge is 0.275 e. The van der Waals surface area contributed by atoms with Crippen LogP contribution in [0.25, 0.3) is 17.1 Å². The third kappa shape index (κ3) is 5.70. The van der Waals surface area contributed by atoms with Crippen molar-refractivity contribution in [3.63, 3.8) is 0 Å². The third-order valence-electron chi connectivity index (χ3n) is 5.76. The van der Waals surface area contributed by atoms with E-state index in [0.29, 0.717) is 46.6 Å². The molecule has 1 unspecified atom stereocenters. The minimum absolute atomic E-state index is 0.0624. The Kier molecular flexibility index (Phi) is 7.62. The Morgan fingerprint density at radius 3 is 2.81 bits per heavy atom. The van der Waals surface area contributed by atoms with Gasteiger partial charge < -0.3 is 21.0 Å². The van der Waals surface area contributed by atoms with Crippen molar-refractivity contribution in [2.45, 2.75) is 18.9 Å². The van der Waals surface area contributed by atoms with Gasteiger partial charge in [-0.1, -0.05) is 24.2 Å². The second-order valence-corrected chi connectivity index (χ2v) is 8.61. The van der Waals surface area contributed by atoms with E-state index in [1.54, 1.807) is 41.4 Å².